The molecule has 2 saturated heterocycles. The van der Waals surface area contributed by atoms with Crippen molar-refractivity contribution in [3.8, 4) is 0 Å². The average molecular weight is 387 g/mol. The molecule has 0 atom stereocenters. The van der Waals surface area contributed by atoms with Crippen LogP contribution in [0, 0.1) is 6.92 Å². The van der Waals surface area contributed by atoms with E-state index < -0.39 is 0 Å². The highest BCUT2D eigenvalue weighted by atomic mass is 35.5. The number of rotatable bonds is 3. The summed E-state index contributed by atoms with van der Waals surface area (Å²) in [5, 5.41) is 0.786. The summed E-state index contributed by atoms with van der Waals surface area (Å²) in [6, 6.07) is 10.2. The Morgan fingerprint density at radius 1 is 0.815 bits per heavy atom. The number of anilines is 3. The van der Waals surface area contributed by atoms with Gasteiger partial charge in [-0.05, 0) is 32.2 Å². The number of aryl methyl sites for hydroxylation is 1. The highest BCUT2D eigenvalue weighted by molar-refractivity contribution is 6.30. The third-order valence-electron chi connectivity index (χ3n) is 5.39. The number of aromatic nitrogens is 2. The molecule has 3 heterocycles. The van der Waals surface area contributed by atoms with Crippen LogP contribution in [0.5, 0.6) is 0 Å². The molecule has 0 unspecified atom stereocenters. The van der Waals surface area contributed by atoms with Gasteiger partial charge in [-0.1, -0.05) is 17.7 Å². The minimum Gasteiger partial charge on any atom is -0.368 e. The maximum Gasteiger partial charge on any atom is 0.227 e. The van der Waals surface area contributed by atoms with E-state index >= 15 is 0 Å². The van der Waals surface area contributed by atoms with Crippen molar-refractivity contribution < 1.29 is 0 Å². The second-order valence-corrected chi connectivity index (χ2v) is 7.85. The topological polar surface area (TPSA) is 38.7 Å². The van der Waals surface area contributed by atoms with Gasteiger partial charge in [-0.2, -0.15) is 4.98 Å². The monoisotopic (exact) mass is 386 g/mol. The molecule has 7 heteroatoms. The van der Waals surface area contributed by atoms with Gasteiger partial charge in [0, 0.05) is 74.8 Å². The van der Waals surface area contributed by atoms with E-state index in [1.54, 1.807) is 0 Å². The lowest BCUT2D eigenvalue weighted by Crippen LogP contribution is -2.47. The van der Waals surface area contributed by atoms with Gasteiger partial charge in [0.1, 0.15) is 5.82 Å². The van der Waals surface area contributed by atoms with Gasteiger partial charge in [-0.3, -0.25) is 0 Å². The zero-order chi connectivity index (χ0) is 18.8. The van der Waals surface area contributed by atoms with E-state index in [9.17, 15) is 0 Å². The van der Waals surface area contributed by atoms with Gasteiger partial charge in [0.25, 0.3) is 0 Å². The molecule has 2 aromatic rings. The number of piperazine rings is 2. The summed E-state index contributed by atoms with van der Waals surface area (Å²) < 4.78 is 0. The second kappa shape index (κ2) is 7.90. The fourth-order valence-electron chi connectivity index (χ4n) is 3.71. The van der Waals surface area contributed by atoms with Crippen molar-refractivity contribution in [2.24, 2.45) is 0 Å². The van der Waals surface area contributed by atoms with E-state index in [1.807, 2.05) is 18.2 Å². The van der Waals surface area contributed by atoms with E-state index in [2.05, 4.69) is 45.7 Å². The lowest BCUT2D eigenvalue weighted by molar-refractivity contribution is 0.312. The minimum atomic E-state index is 0.786. The van der Waals surface area contributed by atoms with Gasteiger partial charge < -0.3 is 19.6 Å². The van der Waals surface area contributed by atoms with Gasteiger partial charge in [-0.25, -0.2) is 4.98 Å². The van der Waals surface area contributed by atoms with Crippen LogP contribution in [0.15, 0.2) is 30.3 Å². The first kappa shape index (κ1) is 18.3. The summed E-state index contributed by atoms with van der Waals surface area (Å²) in [5.41, 5.74) is 2.22. The molecule has 6 nitrogen and oxygen atoms in total. The Morgan fingerprint density at radius 3 is 2.19 bits per heavy atom. The number of benzene rings is 1. The van der Waals surface area contributed by atoms with Crippen molar-refractivity contribution in [2.45, 2.75) is 6.92 Å². The number of likely N-dealkylation sites (N-methyl/N-ethyl adjacent to an activating group) is 1. The van der Waals surface area contributed by atoms with Gasteiger partial charge >= 0.3 is 0 Å². The first-order valence-electron chi connectivity index (χ1n) is 9.63. The van der Waals surface area contributed by atoms with Crippen molar-refractivity contribution in [2.75, 3.05) is 74.1 Å². The van der Waals surface area contributed by atoms with Gasteiger partial charge in [-0.15, -0.1) is 0 Å². The highest BCUT2D eigenvalue weighted by Gasteiger charge is 2.22. The fraction of sp³-hybridized carbons (Fsp3) is 0.500. The molecule has 144 valence electrons. The van der Waals surface area contributed by atoms with E-state index in [0.717, 1.165) is 74.8 Å². The predicted molar refractivity (Wildman–Crippen MR) is 112 cm³/mol. The Bertz CT molecular complexity index is 782. The number of hydrogen-bond acceptors (Lipinski definition) is 6. The predicted octanol–water partition coefficient (Wildman–Crippen LogP) is 2.52. The maximum absolute atomic E-state index is 6.14. The van der Waals surface area contributed by atoms with Crippen molar-refractivity contribution in [1.29, 1.82) is 0 Å². The maximum atomic E-state index is 6.14. The Kier molecular flexibility index (Phi) is 5.36. The fourth-order valence-corrected chi connectivity index (χ4v) is 3.90. The Balaban J connectivity index is 1.45. The van der Waals surface area contributed by atoms with Crippen LogP contribution in [-0.4, -0.2) is 74.3 Å². The van der Waals surface area contributed by atoms with E-state index in [0.29, 0.717) is 0 Å². The molecule has 0 aliphatic carbocycles. The van der Waals surface area contributed by atoms with Crippen molar-refractivity contribution >= 4 is 29.1 Å². The van der Waals surface area contributed by atoms with Crippen LogP contribution in [0.3, 0.4) is 0 Å². The normalized spacial score (nSPS) is 18.9. The molecule has 0 radical (unpaired) electrons. The summed E-state index contributed by atoms with van der Waals surface area (Å²) in [7, 11) is 2.17. The summed E-state index contributed by atoms with van der Waals surface area (Å²) >= 11 is 6.14. The number of nitrogens with zero attached hydrogens (tertiary/aromatic N) is 6. The molecule has 1 aromatic carbocycles. The molecule has 2 aliphatic heterocycles. The third-order valence-corrected chi connectivity index (χ3v) is 5.63. The lowest BCUT2D eigenvalue weighted by Gasteiger charge is -2.37. The van der Waals surface area contributed by atoms with Crippen molar-refractivity contribution in [1.82, 2.24) is 14.9 Å². The van der Waals surface area contributed by atoms with E-state index in [4.69, 9.17) is 21.6 Å². The Labute approximate surface area is 166 Å². The van der Waals surface area contributed by atoms with E-state index in [-0.39, 0.29) is 0 Å². The zero-order valence-corrected chi connectivity index (χ0v) is 16.9. The molecule has 1 aromatic heterocycles. The molecular weight excluding hydrogens is 360 g/mol. The van der Waals surface area contributed by atoms with Crippen molar-refractivity contribution in [3.63, 3.8) is 0 Å². The lowest BCUT2D eigenvalue weighted by atomic mass is 10.2. The highest BCUT2D eigenvalue weighted by Crippen LogP contribution is 2.23. The second-order valence-electron chi connectivity index (χ2n) is 7.41. The summed E-state index contributed by atoms with van der Waals surface area (Å²) in [6.07, 6.45) is 0. The summed E-state index contributed by atoms with van der Waals surface area (Å²) in [6.45, 7) is 9.99. The molecule has 0 saturated carbocycles. The van der Waals surface area contributed by atoms with Gasteiger partial charge in [0.15, 0.2) is 0 Å². The number of hydrogen-bond donors (Lipinski definition) is 0. The van der Waals surface area contributed by atoms with Crippen molar-refractivity contribution in [3.05, 3.63) is 41.0 Å². The average Bonchev–Trinajstić information content (AvgIpc) is 2.68. The standard InChI is InChI=1S/C20H27ClN6/c1-16-14-19(26-8-6-24(2)7-9-26)23-20(22-16)27-12-10-25(11-13-27)18-5-3-4-17(21)15-18/h3-5,14-15H,6-13H2,1-2H3. The first-order chi connectivity index (χ1) is 13.1. The summed E-state index contributed by atoms with van der Waals surface area (Å²) in [5.74, 6) is 1.91. The van der Waals surface area contributed by atoms with Crippen LogP contribution in [0.1, 0.15) is 5.69 Å². The number of halogens is 1. The smallest absolute Gasteiger partial charge is 0.227 e. The van der Waals surface area contributed by atoms with Crippen LogP contribution in [-0.2, 0) is 0 Å². The van der Waals surface area contributed by atoms with Crippen LogP contribution in [0.4, 0.5) is 17.5 Å². The Morgan fingerprint density at radius 2 is 1.48 bits per heavy atom. The van der Waals surface area contributed by atoms with Gasteiger partial charge in [0.05, 0.1) is 0 Å². The first-order valence-corrected chi connectivity index (χ1v) is 10.0. The molecule has 4 rings (SSSR count). The minimum absolute atomic E-state index is 0.786. The van der Waals surface area contributed by atoms with Crippen LogP contribution >= 0.6 is 11.6 Å². The van der Waals surface area contributed by atoms with Crippen LogP contribution in [0.25, 0.3) is 0 Å². The van der Waals surface area contributed by atoms with E-state index in [1.165, 1.54) is 5.69 Å². The van der Waals surface area contributed by atoms with Gasteiger partial charge in [0.2, 0.25) is 5.95 Å². The van der Waals surface area contributed by atoms with Crippen LogP contribution in [0.2, 0.25) is 5.02 Å². The SMILES string of the molecule is Cc1cc(N2CCN(C)CC2)nc(N2CCN(c3cccc(Cl)c3)CC2)n1. The molecule has 2 aliphatic rings. The molecule has 0 N–H and O–H groups in total. The largest absolute Gasteiger partial charge is 0.368 e. The molecule has 0 amide bonds. The summed E-state index contributed by atoms with van der Waals surface area (Å²) in [4.78, 5) is 19.0. The van der Waals surface area contributed by atoms with Crippen LogP contribution < -0.4 is 14.7 Å². The molecule has 0 spiro atoms. The third kappa shape index (κ3) is 4.28. The molecule has 27 heavy (non-hydrogen) atoms. The molecule has 0 bridgehead atoms. The molecule has 2 fully saturated rings. The Hall–Kier alpha value is -2.05. The zero-order valence-electron chi connectivity index (χ0n) is 16.1. The molecular formula is C20H27ClN6. The quantitative estimate of drug-likeness (QED) is 0.807.